The molecule has 16 heavy (non-hydrogen) atoms. The third-order valence-corrected chi connectivity index (χ3v) is 6.33. The van der Waals surface area contributed by atoms with Crippen molar-refractivity contribution in [1.29, 1.82) is 0 Å². The minimum Gasteiger partial charge on any atom is -0.161 e. The van der Waals surface area contributed by atoms with Crippen LogP contribution in [0.5, 0.6) is 0 Å². The Kier molecular flexibility index (Phi) is 8.24. The molecule has 0 amide bonds. The highest BCUT2D eigenvalue weighted by atomic mass is 79.9. The van der Waals surface area contributed by atoms with Crippen LogP contribution < -0.4 is 0 Å². The molecule has 0 saturated heterocycles. The smallest absolute Gasteiger partial charge is 0.00958 e. The summed E-state index contributed by atoms with van der Waals surface area (Å²) >= 11 is 5.97. The van der Waals surface area contributed by atoms with Crippen LogP contribution in [0.15, 0.2) is 0 Å². The maximum Gasteiger partial charge on any atom is 0.00958 e. The van der Waals surface area contributed by atoms with Crippen molar-refractivity contribution in [3.8, 4) is 0 Å². The fourth-order valence-electron chi connectivity index (χ4n) is 2.54. The number of hydrogen-bond acceptors (Lipinski definition) is 1. The van der Waals surface area contributed by atoms with E-state index >= 15 is 0 Å². The van der Waals surface area contributed by atoms with Gasteiger partial charge in [0.05, 0.1) is 0 Å². The summed E-state index contributed by atoms with van der Waals surface area (Å²) in [6.07, 6.45) is 12.9. The molecule has 0 radical (unpaired) electrons. The first-order valence-electron chi connectivity index (χ1n) is 6.97. The Morgan fingerprint density at radius 2 is 1.75 bits per heavy atom. The Labute approximate surface area is 114 Å². The van der Waals surface area contributed by atoms with E-state index in [0.717, 1.165) is 0 Å². The third kappa shape index (κ3) is 5.44. The molecule has 1 aliphatic rings. The molecule has 0 N–H and O–H groups in total. The molecule has 0 aromatic carbocycles. The second-order valence-corrected chi connectivity index (χ2v) is 6.97. The van der Waals surface area contributed by atoms with E-state index in [1.165, 1.54) is 74.6 Å². The maximum absolute atomic E-state index is 3.77. The molecule has 0 nitrogen and oxygen atoms in total. The van der Waals surface area contributed by atoms with Gasteiger partial charge in [-0.1, -0.05) is 61.4 Å². The zero-order valence-corrected chi connectivity index (χ0v) is 13.2. The molecule has 0 spiro atoms. The minimum absolute atomic E-state index is 0.632. The molecule has 1 saturated carbocycles. The van der Waals surface area contributed by atoms with Crippen LogP contribution in [0.1, 0.15) is 64.7 Å². The molecule has 96 valence electrons. The standard InChI is InChI=1S/C14H27BrS/c1-2-3-8-11-16-13-14(12-15)9-6-4-5-7-10-14/h2-13H2,1H3. The van der Waals surface area contributed by atoms with E-state index in [1.54, 1.807) is 0 Å². The Morgan fingerprint density at radius 3 is 2.31 bits per heavy atom. The summed E-state index contributed by atoms with van der Waals surface area (Å²) in [5.74, 6) is 2.77. The number of thioether (sulfide) groups is 1. The second-order valence-electron chi connectivity index (χ2n) is 5.31. The fraction of sp³-hybridized carbons (Fsp3) is 1.00. The first-order chi connectivity index (χ1) is 7.83. The Balaban J connectivity index is 2.22. The predicted molar refractivity (Wildman–Crippen MR) is 80.8 cm³/mol. The van der Waals surface area contributed by atoms with Crippen LogP contribution in [0.2, 0.25) is 0 Å². The monoisotopic (exact) mass is 306 g/mol. The minimum atomic E-state index is 0.632. The van der Waals surface area contributed by atoms with Crippen molar-refractivity contribution in [1.82, 2.24) is 0 Å². The predicted octanol–water partition coefficient (Wildman–Crippen LogP) is 5.65. The molecule has 1 fully saturated rings. The number of halogens is 1. The zero-order valence-electron chi connectivity index (χ0n) is 10.8. The topological polar surface area (TPSA) is 0 Å². The molecule has 0 aliphatic heterocycles. The van der Waals surface area contributed by atoms with Crippen molar-refractivity contribution in [2.75, 3.05) is 16.8 Å². The number of unbranched alkanes of at least 4 members (excludes halogenated alkanes) is 2. The van der Waals surface area contributed by atoms with E-state index in [1.807, 2.05) is 0 Å². The van der Waals surface area contributed by atoms with Gasteiger partial charge in [-0.05, 0) is 36.2 Å². The first kappa shape index (κ1) is 14.9. The van der Waals surface area contributed by atoms with Gasteiger partial charge in [-0.2, -0.15) is 11.8 Å². The summed E-state index contributed by atoms with van der Waals surface area (Å²) in [7, 11) is 0. The van der Waals surface area contributed by atoms with Gasteiger partial charge in [0.2, 0.25) is 0 Å². The van der Waals surface area contributed by atoms with Gasteiger partial charge in [-0.25, -0.2) is 0 Å². The van der Waals surface area contributed by atoms with E-state index in [0.29, 0.717) is 5.41 Å². The number of hydrogen-bond donors (Lipinski definition) is 0. The quantitative estimate of drug-likeness (QED) is 0.333. The summed E-state index contributed by atoms with van der Waals surface area (Å²) in [4.78, 5) is 0. The average Bonchev–Trinajstić information content (AvgIpc) is 2.55. The first-order valence-corrected chi connectivity index (χ1v) is 9.24. The summed E-state index contributed by atoms with van der Waals surface area (Å²) in [6, 6.07) is 0. The van der Waals surface area contributed by atoms with Crippen LogP contribution in [0.4, 0.5) is 0 Å². The number of rotatable bonds is 7. The van der Waals surface area contributed by atoms with E-state index in [2.05, 4.69) is 34.6 Å². The molecular formula is C14H27BrS. The Bertz CT molecular complexity index is 162. The maximum atomic E-state index is 3.77. The fourth-order valence-corrected chi connectivity index (χ4v) is 4.94. The van der Waals surface area contributed by atoms with Crippen molar-refractivity contribution >= 4 is 27.7 Å². The second kappa shape index (κ2) is 8.85. The Morgan fingerprint density at radius 1 is 1.06 bits per heavy atom. The van der Waals surface area contributed by atoms with Crippen LogP contribution >= 0.6 is 27.7 Å². The van der Waals surface area contributed by atoms with Crippen LogP contribution in [0.25, 0.3) is 0 Å². The van der Waals surface area contributed by atoms with Crippen LogP contribution in [0.3, 0.4) is 0 Å². The molecule has 0 atom stereocenters. The molecule has 1 rings (SSSR count). The van der Waals surface area contributed by atoms with Crippen molar-refractivity contribution in [2.24, 2.45) is 5.41 Å². The third-order valence-electron chi connectivity index (χ3n) is 3.75. The molecule has 2 heteroatoms. The summed E-state index contributed by atoms with van der Waals surface area (Å²) in [5.41, 5.74) is 0.632. The van der Waals surface area contributed by atoms with Crippen molar-refractivity contribution in [2.45, 2.75) is 64.7 Å². The van der Waals surface area contributed by atoms with Gasteiger partial charge in [0.1, 0.15) is 0 Å². The van der Waals surface area contributed by atoms with Crippen molar-refractivity contribution < 1.29 is 0 Å². The van der Waals surface area contributed by atoms with Gasteiger partial charge in [-0.15, -0.1) is 0 Å². The summed E-state index contributed by atoms with van der Waals surface area (Å²) in [6.45, 7) is 2.29. The lowest BCUT2D eigenvalue weighted by Gasteiger charge is -2.30. The van der Waals surface area contributed by atoms with Gasteiger partial charge in [0.25, 0.3) is 0 Å². The average molecular weight is 307 g/mol. The molecule has 0 bridgehead atoms. The molecule has 0 heterocycles. The highest BCUT2D eigenvalue weighted by Crippen LogP contribution is 2.39. The van der Waals surface area contributed by atoms with E-state index in [4.69, 9.17) is 0 Å². The highest BCUT2D eigenvalue weighted by molar-refractivity contribution is 9.09. The Hall–Kier alpha value is 0.830. The largest absolute Gasteiger partial charge is 0.161 e. The van der Waals surface area contributed by atoms with Gasteiger partial charge in [-0.3, -0.25) is 0 Å². The molecule has 0 unspecified atom stereocenters. The lowest BCUT2D eigenvalue weighted by atomic mass is 9.85. The van der Waals surface area contributed by atoms with Gasteiger partial charge in [0, 0.05) is 5.33 Å². The van der Waals surface area contributed by atoms with E-state index in [9.17, 15) is 0 Å². The highest BCUT2D eigenvalue weighted by Gasteiger charge is 2.29. The van der Waals surface area contributed by atoms with Crippen LogP contribution in [0, 0.1) is 5.41 Å². The van der Waals surface area contributed by atoms with Gasteiger partial charge >= 0.3 is 0 Å². The van der Waals surface area contributed by atoms with Crippen LogP contribution in [-0.2, 0) is 0 Å². The molecule has 1 aliphatic carbocycles. The summed E-state index contributed by atoms with van der Waals surface area (Å²) < 4.78 is 0. The van der Waals surface area contributed by atoms with Gasteiger partial charge < -0.3 is 0 Å². The molecule has 0 aromatic rings. The number of alkyl halides is 1. The van der Waals surface area contributed by atoms with Crippen LogP contribution in [-0.4, -0.2) is 16.8 Å². The lowest BCUT2D eigenvalue weighted by Crippen LogP contribution is -2.25. The molecular weight excluding hydrogens is 280 g/mol. The lowest BCUT2D eigenvalue weighted by molar-refractivity contribution is 0.334. The normalized spacial score (nSPS) is 20.6. The zero-order chi connectivity index (χ0) is 11.7. The molecule has 0 aromatic heterocycles. The summed E-state index contributed by atoms with van der Waals surface area (Å²) in [5, 5.41) is 1.22. The van der Waals surface area contributed by atoms with E-state index < -0.39 is 0 Å². The SMILES string of the molecule is CCCCCSCC1(CBr)CCCCCC1. The van der Waals surface area contributed by atoms with Gasteiger partial charge in [0.15, 0.2) is 0 Å². The van der Waals surface area contributed by atoms with Crippen molar-refractivity contribution in [3.05, 3.63) is 0 Å². The van der Waals surface area contributed by atoms with Crippen molar-refractivity contribution in [3.63, 3.8) is 0 Å². The van der Waals surface area contributed by atoms with E-state index in [-0.39, 0.29) is 0 Å².